The highest BCUT2D eigenvalue weighted by Gasteiger charge is 2.47. The maximum absolute atomic E-state index is 13.9. The Hall–Kier alpha value is -1.96. The first-order valence-corrected chi connectivity index (χ1v) is 14.0. The van der Waals surface area contributed by atoms with Crippen molar-refractivity contribution in [1.29, 1.82) is 0 Å². The van der Waals surface area contributed by atoms with Gasteiger partial charge in [-0.25, -0.2) is 12.8 Å². The molecule has 2 saturated heterocycles. The standard InChI is InChI=1S/C26H30ClFN2O3S/c1-29-21-10-11-22(29)15-23(14-21)30(26(17-2-3-17)18-4-6-19(27)7-5-18)25(31)16-34(32,33)24-12-8-20(28)9-13-24/h4-9,12-13,17,21-23,26H,2-3,10-11,14-16H2,1H3. The van der Waals surface area contributed by atoms with Crippen LogP contribution in [0.1, 0.15) is 50.1 Å². The molecular formula is C26H30ClFN2O3S. The fourth-order valence-electron chi connectivity index (χ4n) is 5.89. The van der Waals surface area contributed by atoms with Crippen LogP contribution in [0.3, 0.4) is 0 Å². The van der Waals surface area contributed by atoms with Crippen LogP contribution in [0.5, 0.6) is 0 Å². The first-order chi connectivity index (χ1) is 16.2. The van der Waals surface area contributed by atoms with Crippen LogP contribution in [0.2, 0.25) is 5.02 Å². The van der Waals surface area contributed by atoms with E-state index in [4.69, 9.17) is 11.6 Å². The van der Waals surface area contributed by atoms with Gasteiger partial charge >= 0.3 is 0 Å². The lowest BCUT2D eigenvalue weighted by Gasteiger charge is -2.45. The molecule has 2 bridgehead atoms. The highest BCUT2D eigenvalue weighted by Crippen LogP contribution is 2.48. The monoisotopic (exact) mass is 504 g/mol. The molecule has 5 rings (SSSR count). The number of piperidine rings is 1. The number of benzene rings is 2. The smallest absolute Gasteiger partial charge is 0.238 e. The van der Waals surface area contributed by atoms with Gasteiger partial charge in [-0.1, -0.05) is 23.7 Å². The van der Waals surface area contributed by atoms with Crippen LogP contribution in [0.25, 0.3) is 0 Å². The highest BCUT2D eigenvalue weighted by molar-refractivity contribution is 7.92. The van der Waals surface area contributed by atoms with Gasteiger partial charge in [-0.15, -0.1) is 0 Å². The predicted octanol–water partition coefficient (Wildman–Crippen LogP) is 4.86. The SMILES string of the molecule is CN1C2CCC1CC(N(C(=O)CS(=O)(=O)c1ccc(F)cc1)C(c1ccc(Cl)cc1)C1CC1)C2. The van der Waals surface area contributed by atoms with Gasteiger partial charge in [-0.2, -0.15) is 0 Å². The van der Waals surface area contributed by atoms with E-state index in [0.29, 0.717) is 23.0 Å². The van der Waals surface area contributed by atoms with Gasteiger partial charge in [-0.05, 0) is 93.5 Å². The summed E-state index contributed by atoms with van der Waals surface area (Å²) < 4.78 is 39.6. The van der Waals surface area contributed by atoms with Crippen LogP contribution in [0.15, 0.2) is 53.4 Å². The summed E-state index contributed by atoms with van der Waals surface area (Å²) in [7, 11) is -1.75. The van der Waals surface area contributed by atoms with Crippen LogP contribution >= 0.6 is 11.6 Å². The van der Waals surface area contributed by atoms with Crippen molar-refractivity contribution in [2.45, 2.75) is 67.6 Å². The zero-order valence-electron chi connectivity index (χ0n) is 19.2. The normalized spacial score (nSPS) is 25.8. The Balaban J connectivity index is 1.49. The molecule has 1 amide bonds. The van der Waals surface area contributed by atoms with E-state index in [9.17, 15) is 17.6 Å². The number of rotatable bonds is 7. The van der Waals surface area contributed by atoms with Crippen molar-refractivity contribution >= 4 is 27.3 Å². The van der Waals surface area contributed by atoms with E-state index in [1.165, 1.54) is 12.1 Å². The number of halogens is 2. The summed E-state index contributed by atoms with van der Waals surface area (Å²) in [4.78, 5) is 18.2. The van der Waals surface area contributed by atoms with E-state index >= 15 is 0 Å². The maximum Gasteiger partial charge on any atom is 0.238 e. The summed E-state index contributed by atoms with van der Waals surface area (Å²) in [6, 6.07) is 12.9. The summed E-state index contributed by atoms with van der Waals surface area (Å²) in [6.45, 7) is 0. The Morgan fingerprint density at radius 2 is 1.62 bits per heavy atom. The first kappa shape index (κ1) is 23.8. The summed E-state index contributed by atoms with van der Waals surface area (Å²) >= 11 is 6.14. The Morgan fingerprint density at radius 1 is 1.03 bits per heavy atom. The molecule has 0 radical (unpaired) electrons. The predicted molar refractivity (Wildman–Crippen MR) is 130 cm³/mol. The molecule has 5 nitrogen and oxygen atoms in total. The molecule has 34 heavy (non-hydrogen) atoms. The molecule has 3 atom stereocenters. The molecule has 2 aliphatic heterocycles. The van der Waals surface area contributed by atoms with Gasteiger partial charge in [0.2, 0.25) is 5.91 Å². The number of hydrogen-bond donors (Lipinski definition) is 0. The zero-order valence-corrected chi connectivity index (χ0v) is 20.8. The number of carbonyl (C=O) groups is 1. The van der Waals surface area contributed by atoms with E-state index < -0.39 is 21.4 Å². The molecule has 0 spiro atoms. The van der Waals surface area contributed by atoms with E-state index in [1.807, 2.05) is 29.2 Å². The van der Waals surface area contributed by atoms with Crippen LogP contribution in [0, 0.1) is 11.7 Å². The molecule has 1 aliphatic carbocycles. The van der Waals surface area contributed by atoms with Gasteiger partial charge in [-0.3, -0.25) is 4.79 Å². The van der Waals surface area contributed by atoms with Crippen LogP contribution in [0.4, 0.5) is 4.39 Å². The third-order valence-corrected chi connectivity index (χ3v) is 9.69. The molecular weight excluding hydrogens is 475 g/mol. The number of hydrogen-bond acceptors (Lipinski definition) is 4. The molecule has 2 aromatic carbocycles. The van der Waals surface area contributed by atoms with Crippen LogP contribution < -0.4 is 0 Å². The average molecular weight is 505 g/mol. The minimum atomic E-state index is -3.90. The maximum atomic E-state index is 13.9. The molecule has 1 saturated carbocycles. The fourth-order valence-corrected chi connectivity index (χ4v) is 7.21. The third-order valence-electron chi connectivity index (χ3n) is 7.82. The van der Waals surface area contributed by atoms with E-state index in [0.717, 1.165) is 56.2 Å². The van der Waals surface area contributed by atoms with Crippen molar-refractivity contribution in [3.8, 4) is 0 Å². The fraction of sp³-hybridized carbons (Fsp3) is 0.500. The van der Waals surface area contributed by atoms with Gasteiger partial charge in [0.15, 0.2) is 9.84 Å². The van der Waals surface area contributed by atoms with Gasteiger partial charge < -0.3 is 9.80 Å². The molecule has 2 aromatic rings. The van der Waals surface area contributed by atoms with E-state index in [1.54, 1.807) is 0 Å². The largest absolute Gasteiger partial charge is 0.331 e. The lowest BCUT2D eigenvalue weighted by Crippen LogP contribution is -2.53. The summed E-state index contributed by atoms with van der Waals surface area (Å²) in [5.41, 5.74) is 1.01. The molecule has 182 valence electrons. The van der Waals surface area contributed by atoms with Gasteiger partial charge in [0.1, 0.15) is 11.6 Å². The zero-order chi connectivity index (χ0) is 24.0. The molecule has 3 unspecified atom stereocenters. The molecule has 3 aliphatic rings. The Kier molecular flexibility index (Phi) is 6.46. The van der Waals surface area contributed by atoms with Crippen molar-refractivity contribution in [3.05, 3.63) is 64.9 Å². The van der Waals surface area contributed by atoms with Crippen molar-refractivity contribution in [1.82, 2.24) is 9.80 Å². The topological polar surface area (TPSA) is 57.7 Å². The second-order valence-electron chi connectivity index (χ2n) is 10.0. The summed E-state index contributed by atoms with van der Waals surface area (Å²) in [5, 5.41) is 0.632. The van der Waals surface area contributed by atoms with Crippen LogP contribution in [-0.2, 0) is 14.6 Å². The second-order valence-corrected chi connectivity index (χ2v) is 12.4. The average Bonchev–Trinajstić information content (AvgIpc) is 3.60. The number of carbonyl (C=O) groups excluding carboxylic acids is 1. The minimum Gasteiger partial charge on any atom is -0.331 e. The molecule has 8 heteroatoms. The van der Waals surface area contributed by atoms with Crippen LogP contribution in [-0.4, -0.2) is 55.1 Å². The first-order valence-electron chi connectivity index (χ1n) is 12.0. The Bertz CT molecular complexity index is 1140. The van der Waals surface area contributed by atoms with Gasteiger partial charge in [0.05, 0.1) is 10.9 Å². The molecule has 0 aromatic heterocycles. The lowest BCUT2D eigenvalue weighted by molar-refractivity contribution is -0.136. The van der Waals surface area contributed by atoms with E-state index in [-0.39, 0.29) is 22.9 Å². The number of fused-ring (bicyclic) bond motifs is 2. The number of sulfone groups is 1. The minimum absolute atomic E-state index is 0.00843. The van der Waals surface area contributed by atoms with E-state index in [2.05, 4.69) is 11.9 Å². The second kappa shape index (κ2) is 9.25. The van der Waals surface area contributed by atoms with Crippen molar-refractivity contribution < 1.29 is 17.6 Å². The van der Waals surface area contributed by atoms with Gasteiger partial charge in [0, 0.05) is 23.1 Å². The van der Waals surface area contributed by atoms with Gasteiger partial charge in [0.25, 0.3) is 0 Å². The summed E-state index contributed by atoms with van der Waals surface area (Å²) in [6.07, 6.45) is 5.96. The molecule has 0 N–H and O–H groups in total. The highest BCUT2D eigenvalue weighted by atomic mass is 35.5. The van der Waals surface area contributed by atoms with Crippen molar-refractivity contribution in [2.75, 3.05) is 12.8 Å². The molecule has 3 fully saturated rings. The molecule has 2 heterocycles. The lowest BCUT2D eigenvalue weighted by atomic mass is 9.91. The Labute approximate surface area is 205 Å². The van der Waals surface area contributed by atoms with Crippen molar-refractivity contribution in [3.63, 3.8) is 0 Å². The number of amides is 1. The summed E-state index contributed by atoms with van der Waals surface area (Å²) in [5.74, 6) is -1.18. The quantitative estimate of drug-likeness (QED) is 0.505. The third kappa shape index (κ3) is 4.75. The van der Waals surface area contributed by atoms with Crippen molar-refractivity contribution in [2.24, 2.45) is 5.92 Å². The Morgan fingerprint density at radius 3 is 2.18 bits per heavy atom. The number of nitrogens with zero attached hydrogens (tertiary/aromatic N) is 2.